The van der Waals surface area contributed by atoms with Crippen LogP contribution in [0.1, 0.15) is 24.2 Å². The minimum Gasteiger partial charge on any atom is -0.478 e. The summed E-state index contributed by atoms with van der Waals surface area (Å²) in [6.45, 7) is 4.72. The second-order valence-corrected chi connectivity index (χ2v) is 4.04. The highest BCUT2D eigenvalue weighted by Crippen LogP contribution is 2.10. The molecule has 6 heteroatoms. The number of hydrogen-bond donors (Lipinski definition) is 3. The van der Waals surface area contributed by atoms with Crippen LogP contribution in [0, 0.1) is 0 Å². The molecule has 0 aliphatic carbocycles. The Kier molecular flexibility index (Phi) is 5.81. The Hall–Kier alpha value is -2.08. The number of carboxylic acid groups (broad SMARTS) is 1. The van der Waals surface area contributed by atoms with Crippen LogP contribution in [0.2, 0.25) is 0 Å². The summed E-state index contributed by atoms with van der Waals surface area (Å²) in [5.74, 6) is -1.03. The number of anilines is 1. The van der Waals surface area contributed by atoms with E-state index in [1.54, 1.807) is 12.1 Å². The van der Waals surface area contributed by atoms with Gasteiger partial charge < -0.3 is 20.5 Å². The zero-order valence-electron chi connectivity index (χ0n) is 11.0. The number of carbonyl (C=O) groups is 2. The number of benzene rings is 1. The van der Waals surface area contributed by atoms with Crippen molar-refractivity contribution in [1.29, 1.82) is 0 Å². The number of nitrogens with one attached hydrogen (secondary N) is 2. The van der Waals surface area contributed by atoms with E-state index in [1.807, 2.05) is 13.8 Å². The van der Waals surface area contributed by atoms with Gasteiger partial charge in [0.25, 0.3) is 0 Å². The van der Waals surface area contributed by atoms with Crippen molar-refractivity contribution >= 4 is 17.7 Å². The van der Waals surface area contributed by atoms with Crippen LogP contribution in [0.25, 0.3) is 0 Å². The third kappa shape index (κ3) is 5.39. The van der Waals surface area contributed by atoms with Crippen LogP contribution in [0.4, 0.5) is 10.5 Å². The largest absolute Gasteiger partial charge is 0.478 e. The molecule has 104 valence electrons. The van der Waals surface area contributed by atoms with Gasteiger partial charge in [0.15, 0.2) is 0 Å². The molecule has 0 saturated carbocycles. The van der Waals surface area contributed by atoms with Crippen LogP contribution in [0.15, 0.2) is 24.3 Å². The Bertz CT molecular complexity index is 448. The fourth-order valence-corrected chi connectivity index (χ4v) is 1.46. The SMILES string of the molecule is CCOCC(C)NC(=O)Nc1cccc(C(=O)O)c1. The number of ether oxygens (including phenoxy) is 1. The molecule has 0 aliphatic rings. The molecule has 0 spiro atoms. The predicted molar refractivity (Wildman–Crippen MR) is 71.5 cm³/mol. The Morgan fingerprint density at radius 2 is 2.16 bits per heavy atom. The summed E-state index contributed by atoms with van der Waals surface area (Å²) in [4.78, 5) is 22.4. The standard InChI is InChI=1S/C13H18N2O4/c1-3-19-8-9(2)14-13(18)15-11-6-4-5-10(7-11)12(16)17/h4-7,9H,3,8H2,1-2H3,(H,16,17)(H2,14,15,18). The fourth-order valence-electron chi connectivity index (χ4n) is 1.46. The van der Waals surface area contributed by atoms with Crippen LogP contribution in [0.5, 0.6) is 0 Å². The molecular weight excluding hydrogens is 248 g/mol. The first-order valence-corrected chi connectivity index (χ1v) is 6.01. The molecule has 0 fully saturated rings. The summed E-state index contributed by atoms with van der Waals surface area (Å²) in [6.07, 6.45) is 0. The maximum atomic E-state index is 11.6. The maximum Gasteiger partial charge on any atom is 0.335 e. The highest BCUT2D eigenvalue weighted by Gasteiger charge is 2.08. The molecule has 1 atom stereocenters. The summed E-state index contributed by atoms with van der Waals surface area (Å²) in [5, 5.41) is 14.1. The van der Waals surface area contributed by atoms with Gasteiger partial charge in [-0.05, 0) is 32.0 Å². The highest BCUT2D eigenvalue weighted by atomic mass is 16.5. The van der Waals surface area contributed by atoms with Crippen molar-refractivity contribution in [2.75, 3.05) is 18.5 Å². The molecule has 2 amide bonds. The van der Waals surface area contributed by atoms with Gasteiger partial charge in [-0.3, -0.25) is 0 Å². The van der Waals surface area contributed by atoms with Gasteiger partial charge in [-0.15, -0.1) is 0 Å². The summed E-state index contributed by atoms with van der Waals surface area (Å²) < 4.78 is 5.18. The molecule has 19 heavy (non-hydrogen) atoms. The summed E-state index contributed by atoms with van der Waals surface area (Å²) in [5.41, 5.74) is 0.557. The number of carboxylic acids is 1. The molecule has 0 aliphatic heterocycles. The third-order valence-corrected chi connectivity index (χ3v) is 2.32. The fraction of sp³-hybridized carbons (Fsp3) is 0.385. The van der Waals surface area contributed by atoms with E-state index >= 15 is 0 Å². The molecule has 1 unspecified atom stereocenters. The minimum absolute atomic E-state index is 0.123. The Morgan fingerprint density at radius 1 is 1.42 bits per heavy atom. The first-order chi connectivity index (χ1) is 9.02. The van der Waals surface area contributed by atoms with Crippen molar-refractivity contribution in [1.82, 2.24) is 5.32 Å². The van der Waals surface area contributed by atoms with Crippen LogP contribution in [0.3, 0.4) is 0 Å². The average molecular weight is 266 g/mol. The molecule has 0 heterocycles. The zero-order valence-corrected chi connectivity index (χ0v) is 11.0. The van der Waals surface area contributed by atoms with Crippen LogP contribution in [-0.2, 0) is 4.74 Å². The van der Waals surface area contributed by atoms with Crippen molar-refractivity contribution in [2.24, 2.45) is 0 Å². The minimum atomic E-state index is -1.03. The van der Waals surface area contributed by atoms with Gasteiger partial charge in [-0.2, -0.15) is 0 Å². The molecule has 1 aromatic rings. The number of carbonyl (C=O) groups excluding carboxylic acids is 1. The maximum absolute atomic E-state index is 11.6. The van der Waals surface area contributed by atoms with Crippen molar-refractivity contribution in [3.63, 3.8) is 0 Å². The molecule has 0 radical (unpaired) electrons. The number of rotatable bonds is 6. The molecule has 1 aromatic carbocycles. The zero-order chi connectivity index (χ0) is 14.3. The summed E-state index contributed by atoms with van der Waals surface area (Å²) >= 11 is 0. The van der Waals surface area contributed by atoms with Gasteiger partial charge in [-0.1, -0.05) is 6.07 Å². The quantitative estimate of drug-likeness (QED) is 0.734. The lowest BCUT2D eigenvalue weighted by Crippen LogP contribution is -2.38. The smallest absolute Gasteiger partial charge is 0.335 e. The second-order valence-electron chi connectivity index (χ2n) is 4.04. The lowest BCUT2D eigenvalue weighted by molar-refractivity contribution is 0.0697. The van der Waals surface area contributed by atoms with E-state index in [-0.39, 0.29) is 11.6 Å². The Balaban J connectivity index is 2.52. The van der Waals surface area contributed by atoms with Crippen LogP contribution in [-0.4, -0.2) is 36.4 Å². The molecule has 1 rings (SSSR count). The van der Waals surface area contributed by atoms with Crippen molar-refractivity contribution in [3.05, 3.63) is 29.8 Å². The first kappa shape index (κ1) is 15.0. The number of aromatic carboxylic acids is 1. The van der Waals surface area contributed by atoms with Crippen molar-refractivity contribution in [3.8, 4) is 0 Å². The lowest BCUT2D eigenvalue weighted by atomic mass is 10.2. The molecule has 0 bridgehead atoms. The Morgan fingerprint density at radius 3 is 2.79 bits per heavy atom. The average Bonchev–Trinajstić information content (AvgIpc) is 2.36. The summed E-state index contributed by atoms with van der Waals surface area (Å²) in [7, 11) is 0. The van der Waals surface area contributed by atoms with E-state index in [4.69, 9.17) is 9.84 Å². The predicted octanol–water partition coefficient (Wildman–Crippen LogP) is 1.93. The topological polar surface area (TPSA) is 87.7 Å². The van der Waals surface area contributed by atoms with Crippen LogP contribution < -0.4 is 10.6 Å². The summed E-state index contributed by atoms with van der Waals surface area (Å²) in [6, 6.07) is 5.54. The van der Waals surface area contributed by atoms with Gasteiger partial charge >= 0.3 is 12.0 Å². The molecule has 0 aromatic heterocycles. The first-order valence-electron chi connectivity index (χ1n) is 6.01. The van der Waals surface area contributed by atoms with Gasteiger partial charge in [0.1, 0.15) is 0 Å². The number of hydrogen-bond acceptors (Lipinski definition) is 3. The van der Waals surface area contributed by atoms with Gasteiger partial charge in [0.05, 0.1) is 18.2 Å². The van der Waals surface area contributed by atoms with E-state index in [2.05, 4.69) is 10.6 Å². The number of amides is 2. The van der Waals surface area contributed by atoms with E-state index in [0.717, 1.165) is 0 Å². The van der Waals surface area contributed by atoms with Crippen molar-refractivity contribution < 1.29 is 19.4 Å². The van der Waals surface area contributed by atoms with Gasteiger partial charge in [0.2, 0.25) is 0 Å². The van der Waals surface area contributed by atoms with E-state index < -0.39 is 12.0 Å². The monoisotopic (exact) mass is 266 g/mol. The number of urea groups is 1. The Labute approximate surface area is 111 Å². The molecular formula is C13H18N2O4. The van der Waals surface area contributed by atoms with E-state index in [1.165, 1.54) is 12.1 Å². The van der Waals surface area contributed by atoms with E-state index in [9.17, 15) is 9.59 Å². The third-order valence-electron chi connectivity index (χ3n) is 2.32. The second kappa shape index (κ2) is 7.38. The normalized spacial score (nSPS) is 11.7. The molecule has 3 N–H and O–H groups in total. The van der Waals surface area contributed by atoms with E-state index in [0.29, 0.717) is 18.9 Å². The lowest BCUT2D eigenvalue weighted by Gasteiger charge is -2.14. The highest BCUT2D eigenvalue weighted by molar-refractivity contribution is 5.93. The van der Waals surface area contributed by atoms with Crippen LogP contribution >= 0.6 is 0 Å². The molecule has 0 saturated heterocycles. The molecule has 6 nitrogen and oxygen atoms in total. The van der Waals surface area contributed by atoms with Gasteiger partial charge in [-0.25, -0.2) is 9.59 Å². The van der Waals surface area contributed by atoms with Crippen molar-refractivity contribution in [2.45, 2.75) is 19.9 Å². The van der Waals surface area contributed by atoms with Gasteiger partial charge in [0, 0.05) is 12.3 Å².